The van der Waals surface area contributed by atoms with Gasteiger partial charge in [-0.3, -0.25) is 4.79 Å². The molecule has 0 heterocycles. The fourth-order valence-electron chi connectivity index (χ4n) is 1.82. The monoisotopic (exact) mass is 244 g/mol. The molecule has 0 aromatic heterocycles. The Kier molecular flexibility index (Phi) is 3.82. The van der Waals surface area contributed by atoms with Gasteiger partial charge in [0.25, 0.3) is 0 Å². The lowest BCUT2D eigenvalue weighted by Crippen LogP contribution is -2.10. The zero-order valence-electron chi connectivity index (χ0n) is 10.3. The molecular weight excluding hydrogens is 228 g/mol. The first-order valence-corrected chi connectivity index (χ1v) is 6.06. The van der Waals surface area contributed by atoms with Crippen LogP contribution in [-0.2, 0) is 4.79 Å². The van der Waals surface area contributed by atoms with E-state index in [0.717, 1.165) is 17.2 Å². The van der Waals surface area contributed by atoms with Gasteiger partial charge < -0.3 is 9.84 Å². The highest BCUT2D eigenvalue weighted by Gasteiger charge is 2.03. The number of aromatic hydroxyl groups is 1. The summed E-state index contributed by atoms with van der Waals surface area (Å²) in [6.07, 6.45) is 1.40. The predicted octanol–water partition coefficient (Wildman–Crippen LogP) is 3.29. The molecule has 0 aliphatic carbocycles. The molecule has 2 aromatic rings. The Morgan fingerprint density at radius 1 is 1.17 bits per heavy atom. The van der Waals surface area contributed by atoms with E-state index in [9.17, 15) is 9.90 Å². The number of phenolic OH excluding ortho intramolecular Hbond substituents is 1. The van der Waals surface area contributed by atoms with Crippen molar-refractivity contribution < 1.29 is 14.6 Å². The van der Waals surface area contributed by atoms with Gasteiger partial charge in [-0.1, -0.05) is 19.1 Å². The maximum Gasteiger partial charge on any atom is 0.170 e. The largest absolute Gasteiger partial charge is 0.508 e. The van der Waals surface area contributed by atoms with E-state index in [0.29, 0.717) is 12.2 Å². The van der Waals surface area contributed by atoms with Crippen LogP contribution in [0.5, 0.6) is 11.5 Å². The summed E-state index contributed by atoms with van der Waals surface area (Å²) in [5.41, 5.74) is 0. The molecule has 0 atom stereocenters. The summed E-state index contributed by atoms with van der Waals surface area (Å²) in [7, 11) is 0. The summed E-state index contributed by atoms with van der Waals surface area (Å²) in [6, 6.07) is 10.7. The highest BCUT2D eigenvalue weighted by atomic mass is 16.5. The highest BCUT2D eigenvalue weighted by molar-refractivity contribution is 5.85. The topological polar surface area (TPSA) is 46.5 Å². The Morgan fingerprint density at radius 2 is 1.89 bits per heavy atom. The summed E-state index contributed by atoms with van der Waals surface area (Å²) < 4.78 is 5.45. The van der Waals surface area contributed by atoms with Gasteiger partial charge in [0.15, 0.2) is 5.78 Å². The zero-order chi connectivity index (χ0) is 13.0. The predicted molar refractivity (Wildman–Crippen MR) is 71.0 cm³/mol. The summed E-state index contributed by atoms with van der Waals surface area (Å²) in [5.74, 6) is 1.04. The van der Waals surface area contributed by atoms with Crippen LogP contribution in [0.15, 0.2) is 36.4 Å². The quantitative estimate of drug-likeness (QED) is 0.877. The molecule has 1 N–H and O–H groups in total. The minimum atomic E-state index is 0.114. The van der Waals surface area contributed by atoms with E-state index in [-0.39, 0.29) is 18.1 Å². The third-order valence-corrected chi connectivity index (χ3v) is 2.72. The van der Waals surface area contributed by atoms with Crippen LogP contribution in [0.4, 0.5) is 0 Å². The van der Waals surface area contributed by atoms with Crippen LogP contribution >= 0.6 is 0 Å². The molecule has 0 aliphatic rings. The van der Waals surface area contributed by atoms with Gasteiger partial charge in [0.2, 0.25) is 0 Å². The number of fused-ring (bicyclic) bond motifs is 1. The highest BCUT2D eigenvalue weighted by Crippen LogP contribution is 2.24. The molecule has 0 aliphatic heterocycles. The first kappa shape index (κ1) is 12.4. The molecular formula is C15H16O3. The van der Waals surface area contributed by atoms with Crippen molar-refractivity contribution in [3.8, 4) is 11.5 Å². The normalized spacial score (nSPS) is 10.5. The smallest absolute Gasteiger partial charge is 0.170 e. The minimum absolute atomic E-state index is 0.114. The Balaban J connectivity index is 2.10. The van der Waals surface area contributed by atoms with Crippen molar-refractivity contribution in [1.29, 1.82) is 0 Å². The van der Waals surface area contributed by atoms with E-state index in [1.54, 1.807) is 18.2 Å². The zero-order valence-corrected chi connectivity index (χ0v) is 10.3. The molecule has 0 radical (unpaired) electrons. The van der Waals surface area contributed by atoms with Gasteiger partial charge in [0, 0.05) is 6.42 Å². The number of Topliss-reactive ketones (excluding diaryl/α,β-unsaturated/α-hetero) is 1. The molecule has 0 spiro atoms. The summed E-state index contributed by atoms with van der Waals surface area (Å²) in [6.45, 7) is 2.10. The van der Waals surface area contributed by atoms with Crippen LogP contribution in [0.3, 0.4) is 0 Å². The molecule has 0 amide bonds. The molecule has 0 unspecified atom stereocenters. The molecule has 2 rings (SSSR count). The van der Waals surface area contributed by atoms with Gasteiger partial charge in [-0.05, 0) is 41.5 Å². The summed E-state index contributed by atoms with van der Waals surface area (Å²) in [4.78, 5) is 11.4. The second kappa shape index (κ2) is 5.54. The van der Waals surface area contributed by atoms with Crippen molar-refractivity contribution in [2.75, 3.05) is 6.61 Å². The summed E-state index contributed by atoms with van der Waals surface area (Å²) in [5, 5.41) is 11.3. The van der Waals surface area contributed by atoms with Crippen molar-refractivity contribution in [2.45, 2.75) is 19.8 Å². The number of carbonyl (C=O) groups is 1. The van der Waals surface area contributed by atoms with Crippen LogP contribution in [0.1, 0.15) is 19.8 Å². The fraction of sp³-hybridized carbons (Fsp3) is 0.267. The van der Waals surface area contributed by atoms with Gasteiger partial charge in [-0.2, -0.15) is 0 Å². The fourth-order valence-corrected chi connectivity index (χ4v) is 1.82. The van der Waals surface area contributed by atoms with E-state index in [4.69, 9.17) is 4.74 Å². The average Bonchev–Trinajstić information content (AvgIpc) is 2.36. The maximum atomic E-state index is 11.4. The van der Waals surface area contributed by atoms with Crippen LogP contribution in [0.25, 0.3) is 10.8 Å². The molecule has 0 saturated carbocycles. The van der Waals surface area contributed by atoms with Gasteiger partial charge in [0.1, 0.15) is 18.1 Å². The number of ether oxygens (including phenoxy) is 1. The van der Waals surface area contributed by atoms with E-state index in [2.05, 4.69) is 0 Å². The van der Waals surface area contributed by atoms with Crippen molar-refractivity contribution in [2.24, 2.45) is 0 Å². The molecule has 0 saturated heterocycles. The lowest BCUT2D eigenvalue weighted by molar-refractivity contribution is -0.121. The number of phenols is 1. The second-order valence-corrected chi connectivity index (χ2v) is 4.27. The second-order valence-electron chi connectivity index (χ2n) is 4.27. The Bertz CT molecular complexity index is 561. The average molecular weight is 244 g/mol. The number of benzene rings is 2. The number of rotatable bonds is 5. The Hall–Kier alpha value is -2.03. The molecule has 3 nitrogen and oxygen atoms in total. The number of hydrogen-bond acceptors (Lipinski definition) is 3. The van der Waals surface area contributed by atoms with Crippen LogP contribution < -0.4 is 4.74 Å². The lowest BCUT2D eigenvalue weighted by Gasteiger charge is -2.06. The van der Waals surface area contributed by atoms with Crippen molar-refractivity contribution >= 4 is 16.6 Å². The third-order valence-electron chi connectivity index (χ3n) is 2.72. The number of ketones is 1. The minimum Gasteiger partial charge on any atom is -0.508 e. The van der Waals surface area contributed by atoms with Gasteiger partial charge in [-0.15, -0.1) is 0 Å². The Labute approximate surface area is 106 Å². The van der Waals surface area contributed by atoms with Gasteiger partial charge in [-0.25, -0.2) is 0 Å². The lowest BCUT2D eigenvalue weighted by atomic mass is 10.1. The molecule has 0 bridgehead atoms. The SMILES string of the molecule is CCCC(=O)COc1ccc2cc(O)ccc2c1. The van der Waals surface area contributed by atoms with Crippen molar-refractivity contribution in [3.63, 3.8) is 0 Å². The van der Waals surface area contributed by atoms with Crippen molar-refractivity contribution in [1.82, 2.24) is 0 Å². The van der Waals surface area contributed by atoms with Crippen molar-refractivity contribution in [3.05, 3.63) is 36.4 Å². The maximum absolute atomic E-state index is 11.4. The van der Waals surface area contributed by atoms with E-state index < -0.39 is 0 Å². The third kappa shape index (κ3) is 3.00. The molecule has 94 valence electrons. The molecule has 18 heavy (non-hydrogen) atoms. The standard InChI is InChI=1S/C15H16O3/c1-2-3-14(17)10-18-15-7-5-11-8-13(16)6-4-12(11)9-15/h4-9,16H,2-3,10H2,1H3. The first-order chi connectivity index (χ1) is 8.69. The van der Waals surface area contributed by atoms with Gasteiger partial charge in [0.05, 0.1) is 0 Å². The molecule has 0 fully saturated rings. The van der Waals surface area contributed by atoms with Crippen LogP contribution in [0.2, 0.25) is 0 Å². The summed E-state index contributed by atoms with van der Waals surface area (Å²) >= 11 is 0. The number of carbonyl (C=O) groups excluding carboxylic acids is 1. The van der Waals surface area contributed by atoms with Crippen LogP contribution in [-0.4, -0.2) is 17.5 Å². The first-order valence-electron chi connectivity index (χ1n) is 6.06. The number of hydrogen-bond donors (Lipinski definition) is 1. The van der Waals surface area contributed by atoms with Gasteiger partial charge >= 0.3 is 0 Å². The Morgan fingerprint density at radius 3 is 2.67 bits per heavy atom. The molecule has 3 heteroatoms. The van der Waals surface area contributed by atoms with E-state index in [1.807, 2.05) is 25.1 Å². The van der Waals surface area contributed by atoms with E-state index >= 15 is 0 Å². The molecule has 2 aromatic carbocycles. The van der Waals surface area contributed by atoms with E-state index in [1.165, 1.54) is 0 Å². The van der Waals surface area contributed by atoms with Crippen LogP contribution in [0, 0.1) is 0 Å².